The summed E-state index contributed by atoms with van der Waals surface area (Å²) in [5.41, 5.74) is 1.66. The van der Waals surface area contributed by atoms with Crippen molar-refractivity contribution in [1.82, 2.24) is 25.1 Å². The summed E-state index contributed by atoms with van der Waals surface area (Å²) in [6, 6.07) is 3.89. The van der Waals surface area contributed by atoms with Gasteiger partial charge >= 0.3 is 0 Å². The van der Waals surface area contributed by atoms with Crippen molar-refractivity contribution in [3.8, 4) is 0 Å². The number of aromatic amines is 1. The smallest absolute Gasteiger partial charge is 0.267 e. The van der Waals surface area contributed by atoms with E-state index < -0.39 is 0 Å². The Morgan fingerprint density at radius 3 is 2.88 bits per heavy atom. The van der Waals surface area contributed by atoms with E-state index in [1.807, 2.05) is 23.6 Å². The summed E-state index contributed by atoms with van der Waals surface area (Å²) in [6.07, 6.45) is 2.52. The van der Waals surface area contributed by atoms with E-state index in [0.717, 1.165) is 30.8 Å². The van der Waals surface area contributed by atoms with Gasteiger partial charge in [0.15, 0.2) is 5.82 Å². The van der Waals surface area contributed by atoms with E-state index >= 15 is 0 Å². The number of rotatable bonds is 8. The minimum absolute atomic E-state index is 0.0694. The number of methoxy groups -OCH3 is 1. The molecule has 25 heavy (non-hydrogen) atoms. The molecule has 1 aliphatic carbocycles. The lowest BCUT2D eigenvalue weighted by Gasteiger charge is -2.35. The van der Waals surface area contributed by atoms with Gasteiger partial charge in [-0.1, -0.05) is 6.92 Å². The van der Waals surface area contributed by atoms with Gasteiger partial charge in [0.05, 0.1) is 6.61 Å². The van der Waals surface area contributed by atoms with Crippen LogP contribution in [0.15, 0.2) is 12.1 Å². The lowest BCUT2D eigenvalue weighted by molar-refractivity contribution is 0.0901. The van der Waals surface area contributed by atoms with Crippen molar-refractivity contribution in [1.29, 1.82) is 0 Å². The predicted molar refractivity (Wildman–Crippen MR) is 91.2 cm³/mol. The van der Waals surface area contributed by atoms with Crippen molar-refractivity contribution in [2.75, 3.05) is 13.7 Å². The summed E-state index contributed by atoms with van der Waals surface area (Å²) in [5.74, 6) is 1.59. The van der Waals surface area contributed by atoms with Crippen molar-refractivity contribution < 1.29 is 14.6 Å². The molecule has 136 valence electrons. The lowest BCUT2D eigenvalue weighted by Crippen LogP contribution is -2.44. The average Bonchev–Trinajstić information content (AvgIpc) is 3.22. The van der Waals surface area contributed by atoms with Gasteiger partial charge in [-0.15, -0.1) is 10.2 Å². The van der Waals surface area contributed by atoms with Crippen LogP contribution in [0.2, 0.25) is 0 Å². The number of aliphatic hydroxyl groups is 1. The summed E-state index contributed by atoms with van der Waals surface area (Å²) in [4.78, 5) is 15.4. The minimum atomic E-state index is -0.143. The Morgan fingerprint density at radius 2 is 2.24 bits per heavy atom. The highest BCUT2D eigenvalue weighted by Crippen LogP contribution is 2.36. The third kappa shape index (κ3) is 3.74. The molecular weight excluding hydrogens is 322 g/mol. The molecule has 8 nitrogen and oxygen atoms in total. The number of nitrogens with zero attached hydrogens (tertiary/aromatic N) is 3. The second-order valence-electron chi connectivity index (χ2n) is 6.37. The van der Waals surface area contributed by atoms with E-state index in [2.05, 4.69) is 20.5 Å². The molecule has 1 aliphatic rings. The van der Waals surface area contributed by atoms with E-state index in [9.17, 15) is 9.90 Å². The molecular formula is C17H25N5O3. The zero-order valence-electron chi connectivity index (χ0n) is 14.7. The minimum Gasteiger partial charge on any atom is -0.388 e. The SMILES string of the molecule is CCc1ccc(C(=O)NC2CC(c3nnc(CO)n3CCOC)C2)[nH]1. The molecule has 0 spiro atoms. The molecule has 2 aromatic heterocycles. The Labute approximate surface area is 146 Å². The maximum absolute atomic E-state index is 12.3. The van der Waals surface area contributed by atoms with Gasteiger partial charge in [0.2, 0.25) is 0 Å². The van der Waals surface area contributed by atoms with Crippen LogP contribution in [0.3, 0.4) is 0 Å². The number of aryl methyl sites for hydroxylation is 1. The number of hydrogen-bond donors (Lipinski definition) is 3. The van der Waals surface area contributed by atoms with Crippen LogP contribution in [-0.2, 0) is 24.3 Å². The summed E-state index contributed by atoms with van der Waals surface area (Å²) >= 11 is 0. The number of aliphatic hydroxyl groups excluding tert-OH is 1. The van der Waals surface area contributed by atoms with Crippen LogP contribution in [0.25, 0.3) is 0 Å². The molecule has 1 saturated carbocycles. The van der Waals surface area contributed by atoms with Gasteiger partial charge in [0.1, 0.15) is 18.1 Å². The Bertz CT molecular complexity index is 718. The Morgan fingerprint density at radius 1 is 1.44 bits per heavy atom. The van der Waals surface area contributed by atoms with E-state index in [4.69, 9.17) is 4.74 Å². The third-order valence-corrected chi connectivity index (χ3v) is 4.73. The number of hydrogen-bond acceptors (Lipinski definition) is 5. The average molecular weight is 347 g/mol. The third-order valence-electron chi connectivity index (χ3n) is 4.73. The summed E-state index contributed by atoms with van der Waals surface area (Å²) in [7, 11) is 1.64. The fourth-order valence-corrected chi connectivity index (χ4v) is 3.18. The van der Waals surface area contributed by atoms with Crippen LogP contribution in [0.5, 0.6) is 0 Å². The normalized spacial score (nSPS) is 19.6. The van der Waals surface area contributed by atoms with Crippen molar-refractivity contribution in [3.05, 3.63) is 35.2 Å². The van der Waals surface area contributed by atoms with Crippen molar-refractivity contribution in [2.45, 2.75) is 51.3 Å². The number of H-pyrrole nitrogens is 1. The highest BCUT2D eigenvalue weighted by Gasteiger charge is 2.35. The van der Waals surface area contributed by atoms with Crippen molar-refractivity contribution in [3.63, 3.8) is 0 Å². The van der Waals surface area contributed by atoms with Crippen LogP contribution in [-0.4, -0.2) is 50.5 Å². The summed E-state index contributed by atoms with van der Waals surface area (Å²) in [5, 5.41) is 20.7. The van der Waals surface area contributed by atoms with Crippen LogP contribution < -0.4 is 5.32 Å². The van der Waals surface area contributed by atoms with Crippen LogP contribution >= 0.6 is 0 Å². The molecule has 2 aromatic rings. The predicted octanol–water partition coefficient (Wildman–Crippen LogP) is 0.983. The molecule has 0 bridgehead atoms. The number of nitrogens with one attached hydrogen (secondary N) is 2. The van der Waals surface area contributed by atoms with E-state index in [1.54, 1.807) is 7.11 Å². The topological polar surface area (TPSA) is 105 Å². The first kappa shape index (κ1) is 17.6. The Kier molecular flexibility index (Phi) is 5.50. The highest BCUT2D eigenvalue weighted by atomic mass is 16.5. The highest BCUT2D eigenvalue weighted by molar-refractivity contribution is 5.92. The lowest BCUT2D eigenvalue weighted by atomic mass is 9.79. The van der Waals surface area contributed by atoms with E-state index in [1.165, 1.54) is 0 Å². The molecule has 1 amide bonds. The zero-order chi connectivity index (χ0) is 17.8. The maximum atomic E-state index is 12.3. The number of carbonyl (C=O) groups excluding carboxylic acids is 1. The van der Waals surface area contributed by atoms with Gasteiger partial charge in [-0.2, -0.15) is 0 Å². The monoisotopic (exact) mass is 347 g/mol. The Hall–Kier alpha value is -2.19. The van der Waals surface area contributed by atoms with Crippen LogP contribution in [0, 0.1) is 0 Å². The number of ether oxygens (including phenoxy) is 1. The second kappa shape index (κ2) is 7.79. The molecule has 0 radical (unpaired) electrons. The summed E-state index contributed by atoms with van der Waals surface area (Å²) in [6.45, 7) is 3.06. The zero-order valence-corrected chi connectivity index (χ0v) is 14.7. The second-order valence-corrected chi connectivity index (χ2v) is 6.37. The molecule has 0 aromatic carbocycles. The van der Waals surface area contributed by atoms with Crippen molar-refractivity contribution in [2.24, 2.45) is 0 Å². The number of aromatic nitrogens is 4. The maximum Gasteiger partial charge on any atom is 0.267 e. The molecule has 0 unspecified atom stereocenters. The molecule has 2 heterocycles. The Balaban J connectivity index is 1.57. The molecule has 8 heteroatoms. The fourth-order valence-electron chi connectivity index (χ4n) is 3.18. The standard InChI is InChI=1S/C17H25N5O3/c1-3-12-4-5-14(18-12)17(24)19-13-8-11(9-13)16-21-20-15(10-23)22(16)6-7-25-2/h4-5,11,13,18,23H,3,6-10H2,1-2H3,(H,19,24). The molecule has 0 atom stereocenters. The largest absolute Gasteiger partial charge is 0.388 e. The van der Waals surface area contributed by atoms with Gasteiger partial charge in [0.25, 0.3) is 5.91 Å². The van der Waals surface area contributed by atoms with Crippen LogP contribution in [0.4, 0.5) is 0 Å². The van der Waals surface area contributed by atoms with Gasteiger partial charge in [0, 0.05) is 31.3 Å². The molecule has 3 N–H and O–H groups in total. The van der Waals surface area contributed by atoms with Gasteiger partial charge in [-0.3, -0.25) is 4.79 Å². The van der Waals surface area contributed by atoms with Crippen LogP contribution in [0.1, 0.15) is 53.5 Å². The first-order valence-corrected chi connectivity index (χ1v) is 8.66. The first-order valence-electron chi connectivity index (χ1n) is 8.66. The fraction of sp³-hybridized carbons (Fsp3) is 0.588. The molecule has 0 saturated heterocycles. The van der Waals surface area contributed by atoms with Crippen molar-refractivity contribution >= 4 is 5.91 Å². The quantitative estimate of drug-likeness (QED) is 0.660. The van der Waals surface area contributed by atoms with Gasteiger partial charge < -0.3 is 24.7 Å². The van der Waals surface area contributed by atoms with Gasteiger partial charge in [-0.05, 0) is 31.4 Å². The number of carbonyl (C=O) groups is 1. The molecule has 1 fully saturated rings. The number of amides is 1. The first-order chi connectivity index (χ1) is 12.2. The van der Waals surface area contributed by atoms with E-state index in [-0.39, 0.29) is 24.5 Å². The molecule has 3 rings (SSSR count). The summed E-state index contributed by atoms with van der Waals surface area (Å²) < 4.78 is 7.04. The van der Waals surface area contributed by atoms with E-state index in [0.29, 0.717) is 24.7 Å². The molecule has 0 aliphatic heterocycles. The van der Waals surface area contributed by atoms with Gasteiger partial charge in [-0.25, -0.2) is 0 Å².